The number of anilines is 1. The first kappa shape index (κ1) is 18.6. The predicted molar refractivity (Wildman–Crippen MR) is 108 cm³/mol. The van der Waals surface area contributed by atoms with Crippen LogP contribution in [0.4, 0.5) is 5.69 Å². The molecule has 2 aliphatic heterocycles. The quantitative estimate of drug-likeness (QED) is 0.841. The van der Waals surface area contributed by atoms with Gasteiger partial charge in [0.15, 0.2) is 5.78 Å². The predicted octanol–water partition coefficient (Wildman–Crippen LogP) is 4.05. The smallest absolute Gasteiger partial charge is 0.205 e. The lowest BCUT2D eigenvalue weighted by Gasteiger charge is -2.37. The molecule has 2 N–H and O–H groups in total. The van der Waals surface area contributed by atoms with Gasteiger partial charge in [0, 0.05) is 37.2 Å². The summed E-state index contributed by atoms with van der Waals surface area (Å²) in [6, 6.07) is 8.46. The van der Waals surface area contributed by atoms with Crippen molar-refractivity contribution in [2.75, 3.05) is 18.0 Å². The molecule has 4 rings (SSSR count). The molecule has 3 aliphatic rings. The van der Waals surface area contributed by atoms with Gasteiger partial charge in [-0.3, -0.25) is 4.79 Å². The highest BCUT2D eigenvalue weighted by atomic mass is 16.5. The average Bonchev–Trinajstić information content (AvgIpc) is 3.13. The number of aryl methyl sites for hydroxylation is 1. The largest absolute Gasteiger partial charge is 0.444 e. The van der Waals surface area contributed by atoms with Crippen molar-refractivity contribution < 1.29 is 9.53 Å². The Labute approximate surface area is 166 Å². The Bertz CT molecular complexity index is 943. The van der Waals surface area contributed by atoms with Crippen molar-refractivity contribution >= 4 is 11.5 Å². The Morgan fingerprint density at radius 3 is 2.61 bits per heavy atom. The van der Waals surface area contributed by atoms with Crippen LogP contribution in [-0.2, 0) is 9.53 Å². The zero-order chi connectivity index (χ0) is 20.1. The van der Waals surface area contributed by atoms with Gasteiger partial charge in [0.25, 0.3) is 0 Å². The maximum atomic E-state index is 13.0. The van der Waals surface area contributed by atoms with Gasteiger partial charge in [0.2, 0.25) is 5.88 Å². The third-order valence-electron chi connectivity index (χ3n) is 6.08. The second kappa shape index (κ2) is 6.70. The number of ether oxygens (including phenoxy) is 1. The molecule has 0 aromatic heterocycles. The van der Waals surface area contributed by atoms with Crippen LogP contribution in [0, 0.1) is 23.7 Å². The van der Waals surface area contributed by atoms with Gasteiger partial charge < -0.3 is 15.4 Å². The fourth-order valence-electron chi connectivity index (χ4n) is 4.79. The Morgan fingerprint density at radius 1 is 1.25 bits per heavy atom. The number of hydrogen-bond acceptors (Lipinski definition) is 5. The minimum absolute atomic E-state index is 0.0535. The van der Waals surface area contributed by atoms with E-state index in [1.807, 2.05) is 6.07 Å². The van der Waals surface area contributed by atoms with E-state index >= 15 is 0 Å². The highest BCUT2D eigenvalue weighted by Gasteiger charge is 2.43. The molecular formula is C23H27N3O2. The van der Waals surface area contributed by atoms with Crippen LogP contribution in [0.1, 0.15) is 56.6 Å². The molecule has 1 fully saturated rings. The number of allylic oxidation sites excluding steroid dienone is 3. The van der Waals surface area contributed by atoms with Crippen molar-refractivity contribution in [1.29, 1.82) is 5.26 Å². The number of hydrogen-bond donors (Lipinski definition) is 1. The van der Waals surface area contributed by atoms with Gasteiger partial charge in [0.05, 0.1) is 5.92 Å². The summed E-state index contributed by atoms with van der Waals surface area (Å²) in [7, 11) is 0. The van der Waals surface area contributed by atoms with Crippen molar-refractivity contribution in [2.45, 2.75) is 52.4 Å². The van der Waals surface area contributed by atoms with E-state index < -0.39 is 5.92 Å². The number of ketones is 1. The number of benzene rings is 1. The zero-order valence-corrected chi connectivity index (χ0v) is 16.8. The molecule has 1 saturated heterocycles. The van der Waals surface area contributed by atoms with Crippen LogP contribution >= 0.6 is 0 Å². The Morgan fingerprint density at radius 2 is 1.96 bits per heavy atom. The third kappa shape index (κ3) is 3.07. The summed E-state index contributed by atoms with van der Waals surface area (Å²) < 4.78 is 5.77. The topological polar surface area (TPSA) is 79.4 Å². The van der Waals surface area contributed by atoms with Crippen LogP contribution in [0.15, 0.2) is 41.0 Å². The van der Waals surface area contributed by atoms with Crippen LogP contribution in [0.3, 0.4) is 0 Å². The first-order valence-corrected chi connectivity index (χ1v) is 10.00. The summed E-state index contributed by atoms with van der Waals surface area (Å²) in [5, 5.41) is 9.76. The lowest BCUT2D eigenvalue weighted by atomic mass is 9.70. The molecule has 1 aliphatic carbocycles. The molecule has 5 nitrogen and oxygen atoms in total. The van der Waals surface area contributed by atoms with E-state index in [1.54, 1.807) is 0 Å². The van der Waals surface area contributed by atoms with Gasteiger partial charge in [-0.25, -0.2) is 0 Å². The maximum absolute atomic E-state index is 13.0. The molecular weight excluding hydrogens is 350 g/mol. The van der Waals surface area contributed by atoms with E-state index in [9.17, 15) is 10.1 Å². The molecule has 0 saturated carbocycles. The Balaban J connectivity index is 1.80. The molecule has 0 bridgehead atoms. The highest BCUT2D eigenvalue weighted by molar-refractivity contribution is 6.00. The van der Waals surface area contributed by atoms with E-state index in [0.717, 1.165) is 24.2 Å². The highest BCUT2D eigenvalue weighted by Crippen LogP contribution is 2.48. The van der Waals surface area contributed by atoms with Gasteiger partial charge in [-0.15, -0.1) is 0 Å². The molecule has 1 aromatic rings. The molecule has 0 spiro atoms. The number of nitrogens with zero attached hydrogens (tertiary/aromatic N) is 2. The van der Waals surface area contributed by atoms with Crippen molar-refractivity contribution in [3.8, 4) is 6.07 Å². The Kier molecular flexibility index (Phi) is 4.45. The van der Waals surface area contributed by atoms with Crippen molar-refractivity contribution in [3.63, 3.8) is 0 Å². The second-order valence-corrected chi connectivity index (χ2v) is 8.94. The van der Waals surface area contributed by atoms with Crippen LogP contribution in [0.25, 0.3) is 0 Å². The number of nitrogens with two attached hydrogens (primary N) is 1. The summed E-state index contributed by atoms with van der Waals surface area (Å²) in [6.07, 6.45) is 3.54. The molecule has 146 valence electrons. The molecule has 1 atom stereocenters. The summed E-state index contributed by atoms with van der Waals surface area (Å²) in [5.41, 5.74) is 10.2. The fourth-order valence-corrected chi connectivity index (χ4v) is 4.79. The average molecular weight is 377 g/mol. The SMILES string of the molecule is Cc1cc([C@@H]2C(C#N)=C(N)OC3=C2C(=O)CC(C)(C)C3)ccc1N1CCCC1. The minimum Gasteiger partial charge on any atom is -0.444 e. The van der Waals surface area contributed by atoms with E-state index in [2.05, 4.69) is 43.9 Å². The number of nitriles is 1. The van der Waals surface area contributed by atoms with Gasteiger partial charge >= 0.3 is 0 Å². The molecule has 0 amide bonds. The van der Waals surface area contributed by atoms with Gasteiger partial charge in [-0.05, 0) is 42.4 Å². The summed E-state index contributed by atoms with van der Waals surface area (Å²) in [6.45, 7) is 8.37. The number of carbonyl (C=O) groups excluding carboxylic acids is 1. The molecule has 5 heteroatoms. The summed E-state index contributed by atoms with van der Waals surface area (Å²) in [5.74, 6) is 0.364. The molecule has 0 unspecified atom stereocenters. The lowest BCUT2D eigenvalue weighted by molar-refractivity contribution is -0.119. The van der Waals surface area contributed by atoms with Gasteiger partial charge in [-0.1, -0.05) is 26.0 Å². The molecule has 1 aromatic carbocycles. The van der Waals surface area contributed by atoms with Gasteiger partial charge in [-0.2, -0.15) is 5.26 Å². The monoisotopic (exact) mass is 377 g/mol. The van der Waals surface area contributed by atoms with Crippen LogP contribution in [0.5, 0.6) is 0 Å². The maximum Gasteiger partial charge on any atom is 0.205 e. The van der Waals surface area contributed by atoms with Crippen molar-refractivity contribution in [1.82, 2.24) is 0 Å². The minimum atomic E-state index is -0.441. The van der Waals surface area contributed by atoms with Crippen LogP contribution < -0.4 is 10.6 Å². The third-order valence-corrected chi connectivity index (χ3v) is 6.08. The van der Waals surface area contributed by atoms with Crippen molar-refractivity contribution in [3.05, 3.63) is 52.1 Å². The van der Waals surface area contributed by atoms with E-state index in [4.69, 9.17) is 10.5 Å². The molecule has 28 heavy (non-hydrogen) atoms. The second-order valence-electron chi connectivity index (χ2n) is 8.94. The summed E-state index contributed by atoms with van der Waals surface area (Å²) in [4.78, 5) is 15.4. The summed E-state index contributed by atoms with van der Waals surface area (Å²) >= 11 is 0. The van der Waals surface area contributed by atoms with Crippen LogP contribution in [-0.4, -0.2) is 18.9 Å². The number of rotatable bonds is 2. The standard InChI is InChI=1S/C23H27N3O2/c1-14-10-15(6-7-17(14)26-8-4-5-9-26)20-16(13-24)22(25)28-19-12-23(2,3)11-18(27)21(19)20/h6-7,10,20H,4-5,8-9,11-12,25H2,1-3H3/t20-/m1/s1. The van der Waals surface area contributed by atoms with Crippen molar-refractivity contribution in [2.24, 2.45) is 11.1 Å². The first-order valence-electron chi connectivity index (χ1n) is 10.00. The first-order chi connectivity index (χ1) is 13.3. The number of Topliss-reactive ketones (excluding diaryl/α,β-unsaturated/α-hetero) is 1. The van der Waals surface area contributed by atoms with Crippen LogP contribution in [0.2, 0.25) is 0 Å². The normalized spacial score (nSPS) is 24.1. The van der Waals surface area contributed by atoms with E-state index in [0.29, 0.717) is 29.7 Å². The fraction of sp³-hybridized carbons (Fsp3) is 0.478. The zero-order valence-electron chi connectivity index (χ0n) is 16.8. The molecule has 0 radical (unpaired) electrons. The van der Waals surface area contributed by atoms with E-state index in [-0.39, 0.29) is 17.1 Å². The lowest BCUT2D eigenvalue weighted by Crippen LogP contribution is -2.33. The Hall–Kier alpha value is -2.74. The van der Waals surface area contributed by atoms with E-state index in [1.165, 1.54) is 18.5 Å². The van der Waals surface area contributed by atoms with Gasteiger partial charge in [0.1, 0.15) is 17.4 Å². The molecule has 2 heterocycles. The number of carbonyl (C=O) groups is 1.